The van der Waals surface area contributed by atoms with Crippen molar-refractivity contribution >= 4 is 207 Å². The fourth-order valence-electron chi connectivity index (χ4n) is 3.86. The first kappa shape index (κ1) is 28.4. The Morgan fingerprint density at radius 3 is 1.07 bits per heavy atom. The molecule has 1 N–H and O–H groups in total. The molecule has 0 saturated heterocycles. The van der Waals surface area contributed by atoms with Gasteiger partial charge in [-0.2, -0.15) is 0 Å². The van der Waals surface area contributed by atoms with Crippen molar-refractivity contribution in [1.82, 2.24) is 3.43 Å². The molecule has 28 heavy (non-hydrogen) atoms. The van der Waals surface area contributed by atoms with Gasteiger partial charge in [0, 0.05) is 201 Å². The lowest BCUT2D eigenvalue weighted by molar-refractivity contribution is 1.79. The van der Waals surface area contributed by atoms with Crippen LogP contribution in [0.4, 0.5) is 0 Å². The molecule has 0 aliphatic rings. The van der Waals surface area contributed by atoms with Crippen LogP contribution < -0.4 is 3.43 Å². The lowest BCUT2D eigenvalue weighted by Gasteiger charge is -2.46. The first-order chi connectivity index (χ1) is 13.2. The van der Waals surface area contributed by atoms with Crippen LogP contribution in [0.15, 0.2) is 0 Å². The second-order valence-electron chi connectivity index (χ2n) is 7.13. The Balaban J connectivity index is 6.81. The van der Waals surface area contributed by atoms with E-state index < -0.39 is 76.9 Å². The van der Waals surface area contributed by atoms with E-state index in [4.69, 9.17) is 102 Å². The zero-order valence-electron chi connectivity index (χ0n) is 16.8. The van der Waals surface area contributed by atoms with Crippen molar-refractivity contribution in [2.75, 3.05) is 0 Å². The summed E-state index contributed by atoms with van der Waals surface area (Å²) in [5, 5.41) is 0. The summed E-state index contributed by atoms with van der Waals surface area (Å²) >= 11 is 1.73. The minimum atomic E-state index is -1.03. The van der Waals surface area contributed by atoms with Gasteiger partial charge >= 0.3 is 0 Å². The average Bonchev–Trinajstić information content (AvgIpc) is 2.51. The van der Waals surface area contributed by atoms with Crippen LogP contribution in [0.1, 0.15) is 0 Å². The van der Waals surface area contributed by atoms with E-state index in [0.717, 1.165) is 3.43 Å². The lowest BCUT2D eigenvalue weighted by atomic mass is 8.38. The van der Waals surface area contributed by atoms with Gasteiger partial charge in [0.1, 0.15) is 8.04 Å². The highest BCUT2D eigenvalue weighted by atomic mass is 127. The van der Waals surface area contributed by atoms with Gasteiger partial charge in [-0.25, -0.2) is 0 Å². The predicted molar refractivity (Wildman–Crippen MR) is 167 cm³/mol. The van der Waals surface area contributed by atoms with E-state index in [2.05, 4.69) is 0 Å². The molecule has 0 aliphatic carbocycles. The van der Waals surface area contributed by atoms with Gasteiger partial charge in [-0.1, -0.05) is 0 Å². The Bertz CT molecular complexity index is 394. The molecule has 0 atom stereocenters. The molecular weight excluding hydrogens is 422 g/mol. The molecule has 0 bridgehead atoms. The van der Waals surface area contributed by atoms with Gasteiger partial charge in [0.15, 0.2) is 0 Å². The fraction of sp³-hybridized carbons (Fsp3) is 0. The molecule has 28 heteroatoms. The van der Waals surface area contributed by atoms with Crippen LogP contribution in [0.5, 0.6) is 0 Å². The highest BCUT2D eigenvalue weighted by Crippen LogP contribution is 2.11. The quantitative estimate of drug-likeness (QED) is 0.176. The average molecular weight is 425 g/mol. The van der Waals surface area contributed by atoms with Gasteiger partial charge in [-0.3, -0.25) is 0 Å². The molecule has 0 rings (SSSR count). The van der Waals surface area contributed by atoms with E-state index >= 15 is 0 Å². The maximum absolute atomic E-state index is 8.40. The van der Waals surface area contributed by atoms with Crippen molar-refractivity contribution in [3.63, 3.8) is 0 Å². The summed E-state index contributed by atoms with van der Waals surface area (Å²) in [6.45, 7) is -0.876. The Labute approximate surface area is 210 Å². The van der Waals surface area contributed by atoms with E-state index in [9.17, 15) is 0 Å². The Hall–Kier alpha value is 2.38. The zero-order valence-corrected chi connectivity index (χ0v) is 18.0. The van der Waals surface area contributed by atoms with E-state index in [1.165, 1.54) is 7.06 Å². The summed E-state index contributed by atoms with van der Waals surface area (Å²) in [4.78, 5) is 0. The van der Waals surface area contributed by atoms with Crippen molar-refractivity contribution < 1.29 is 1.41 Å². The molecular formula is HB26IN. The Morgan fingerprint density at radius 2 is 0.893 bits per heavy atom. The molecule has 0 fully saturated rings. The number of halogens is 1. The Morgan fingerprint density at radius 1 is 0.571 bits per heavy atom. The maximum Gasteiger partial charge on any atom is 0.129 e. The molecule has 0 spiro atoms. The van der Waals surface area contributed by atoms with Crippen LogP contribution in [0.2, 0.25) is 1.41 Å². The van der Waals surface area contributed by atoms with Crippen LogP contribution in [-0.4, -0.2) is 185 Å². The molecule has 0 unspecified atom stereocenters. The van der Waals surface area contributed by atoms with E-state index in [-0.39, 0.29) is 0 Å². The molecule has 0 aromatic rings. The van der Waals surface area contributed by atoms with Crippen molar-refractivity contribution in [2.45, 2.75) is 0 Å². The second kappa shape index (κ2) is 14.5. The van der Waals surface area contributed by atoms with E-state index in [0.29, 0.717) is 0 Å². The van der Waals surface area contributed by atoms with Crippen molar-refractivity contribution in [1.29, 1.82) is 0 Å². The number of hydrogen-bond acceptors (Lipinski definition) is 1. The largest absolute Gasteiger partial charge is 0.319 e. The van der Waals surface area contributed by atoms with Gasteiger partial charge in [-0.05, 0) is 0 Å². The number of hydrogen-bond donors (Lipinski definition) is 1. The van der Waals surface area contributed by atoms with Crippen molar-refractivity contribution in [2.24, 2.45) is 0 Å². The number of rotatable bonds is 13. The van der Waals surface area contributed by atoms with Crippen LogP contribution >= 0.6 is 22.9 Å². The Kier molecular flexibility index (Phi) is 14.7. The normalized spacial score (nSPS) is 10.1. The van der Waals surface area contributed by atoms with Gasteiger partial charge in [0.25, 0.3) is 0 Å². The summed E-state index contributed by atoms with van der Waals surface area (Å²) in [6, 6.07) is 0. The molecule has 0 heterocycles. The fourth-order valence-corrected chi connectivity index (χ4v) is 4.61. The van der Waals surface area contributed by atoms with Gasteiger partial charge < -0.3 is 3.43 Å². The van der Waals surface area contributed by atoms with E-state index in [1.807, 2.05) is 0 Å². The van der Waals surface area contributed by atoms with Gasteiger partial charge in [0.05, 0.1) is 0 Å². The van der Waals surface area contributed by atoms with Crippen LogP contribution in [0, 0.1) is 0 Å². The summed E-state index contributed by atoms with van der Waals surface area (Å²) in [5.41, 5.74) is 0. The third-order valence-corrected chi connectivity index (χ3v) is 5.77. The summed E-state index contributed by atoms with van der Waals surface area (Å²) in [5.74, 6) is 0. The van der Waals surface area contributed by atoms with Gasteiger partial charge in [-0.15, -0.1) is 0 Å². The molecule has 0 amide bonds. The summed E-state index contributed by atoms with van der Waals surface area (Å²) in [6.07, 6.45) is -10.0. The highest BCUT2D eigenvalue weighted by Gasteiger charge is 2.51. The standard InChI is InChI=1S/B26HIN/c1-14-21(15(2)3)24(20(12)13)26(28-27)25(22(16(4)5)17(6)7)23(18(8)9)19(10)11/h28H/i/hT. The van der Waals surface area contributed by atoms with Crippen molar-refractivity contribution in [3.05, 3.63) is 0 Å². The smallest absolute Gasteiger partial charge is 0.129 e. The first-order valence-corrected chi connectivity index (χ1v) is 9.73. The monoisotopic (exact) mass is 430 g/mol. The van der Waals surface area contributed by atoms with Crippen LogP contribution in [-0.2, 0) is 0 Å². The molecule has 0 aliphatic heterocycles. The van der Waals surface area contributed by atoms with Crippen LogP contribution in [0.25, 0.3) is 0 Å². The first-order valence-electron chi connectivity index (χ1n) is 9.21. The van der Waals surface area contributed by atoms with Crippen LogP contribution in [0.3, 0.4) is 0 Å². The minimum absolute atomic E-state index is 0.711. The molecule has 0 aromatic carbocycles. The lowest BCUT2D eigenvalue weighted by Crippen LogP contribution is -2.86. The molecule has 1 nitrogen and oxygen atoms in total. The highest BCUT2D eigenvalue weighted by molar-refractivity contribution is 14.1. The molecule has 0 saturated carbocycles. The second-order valence-corrected chi connectivity index (χ2v) is 7.69. The maximum atomic E-state index is 8.40. The molecule has 91 valence electrons. The topological polar surface area (TPSA) is 12.0 Å². The summed E-state index contributed by atoms with van der Waals surface area (Å²) < 4.78 is 9.46. The minimum Gasteiger partial charge on any atom is -0.319 e. The predicted octanol–water partition coefficient (Wildman–Crippen LogP) is -9.51. The molecule has 0 aromatic heterocycles. The third kappa shape index (κ3) is 8.38. The summed E-state index contributed by atoms with van der Waals surface area (Å²) in [7, 11) is 78.8. The van der Waals surface area contributed by atoms with E-state index in [1.54, 1.807) is 22.9 Å². The number of nitrogens with one attached hydrogen (secondary N) is 1. The van der Waals surface area contributed by atoms with Crippen molar-refractivity contribution in [3.8, 4) is 0 Å². The van der Waals surface area contributed by atoms with Gasteiger partial charge in [0.2, 0.25) is 0 Å². The SMILES string of the molecule is [3H]N(I)B(B(B([B])[B])B([B][B])B([B])[B])B(B(B([B])[B])B([B])[B])B(B([B])[B])B([B])[B]. The third-order valence-electron chi connectivity index (χ3n) is 5.12. The zero-order chi connectivity index (χ0) is 23.2. The molecule has 27 radical (unpaired) electrons.